The van der Waals surface area contributed by atoms with Crippen molar-refractivity contribution in [2.24, 2.45) is 0 Å². The van der Waals surface area contributed by atoms with Gasteiger partial charge in [0.05, 0.1) is 30.6 Å². The fourth-order valence-electron chi connectivity index (χ4n) is 4.96. The first-order valence-electron chi connectivity index (χ1n) is 13.7. The van der Waals surface area contributed by atoms with Gasteiger partial charge in [-0.3, -0.25) is 4.79 Å². The molecule has 3 aromatic rings. The summed E-state index contributed by atoms with van der Waals surface area (Å²) >= 11 is 0. The van der Waals surface area contributed by atoms with Crippen LogP contribution in [0.1, 0.15) is 59.7 Å². The second-order valence-corrected chi connectivity index (χ2v) is 12.2. The van der Waals surface area contributed by atoms with Crippen molar-refractivity contribution >= 4 is 28.3 Å². The predicted molar refractivity (Wildman–Crippen MR) is 163 cm³/mol. The Labute approximate surface area is 248 Å². The maximum absolute atomic E-state index is 12.7. The van der Waals surface area contributed by atoms with Crippen LogP contribution >= 0.6 is 12.4 Å². The first kappa shape index (κ1) is 32.6. The van der Waals surface area contributed by atoms with Crippen molar-refractivity contribution in [2.75, 3.05) is 19.4 Å². The van der Waals surface area contributed by atoms with E-state index in [9.17, 15) is 23.4 Å². The summed E-state index contributed by atoms with van der Waals surface area (Å²) in [5.41, 5.74) is 3.79. The van der Waals surface area contributed by atoms with E-state index in [1.54, 1.807) is 18.2 Å². The summed E-state index contributed by atoms with van der Waals surface area (Å²) in [5.74, 6) is -0.341. The van der Waals surface area contributed by atoms with Crippen LogP contribution in [0.5, 0.6) is 5.75 Å². The molecule has 1 saturated carbocycles. The van der Waals surface area contributed by atoms with Crippen LogP contribution in [-0.4, -0.2) is 56.1 Å². The molecule has 0 aliphatic heterocycles. The lowest BCUT2D eigenvalue weighted by molar-refractivity contribution is 0.0969. The minimum Gasteiger partial charge on any atom is -0.490 e. The van der Waals surface area contributed by atoms with Crippen molar-refractivity contribution in [3.8, 4) is 16.9 Å². The second-order valence-electron chi connectivity index (χ2n) is 10.4. The first-order valence-corrected chi connectivity index (χ1v) is 15.6. The van der Waals surface area contributed by atoms with E-state index in [-0.39, 0.29) is 36.7 Å². The molecule has 2 atom stereocenters. The van der Waals surface area contributed by atoms with Crippen LogP contribution in [0.15, 0.2) is 72.8 Å². The van der Waals surface area contributed by atoms with E-state index in [1.165, 1.54) is 0 Å². The van der Waals surface area contributed by atoms with E-state index in [2.05, 4.69) is 5.32 Å². The number of rotatable bonds is 12. The molecular weight excluding hydrogens is 564 g/mol. The lowest BCUT2D eigenvalue weighted by atomic mass is 9.97. The van der Waals surface area contributed by atoms with Gasteiger partial charge in [-0.05, 0) is 66.5 Å². The Morgan fingerprint density at radius 1 is 0.976 bits per heavy atom. The molecule has 0 unspecified atom stereocenters. The van der Waals surface area contributed by atoms with E-state index in [4.69, 9.17) is 4.74 Å². The van der Waals surface area contributed by atoms with Crippen molar-refractivity contribution in [2.45, 2.75) is 56.8 Å². The standard InChI is InChI=1S/C31H38N2O6S.ClH/c1-40(37,38)33-31(36)28-17-16-25(19-30(28)39-27-10-6-3-7-11-27)23-14-12-22(13-15-23)18-26(21-34)32-20-29(35)24-8-4-2-5-9-24;/h2,4-5,8-9,12-17,19,26-27,29,32,34-35H,3,6-7,10-11,18,20-21H2,1H3,(H,33,36);1H/t26-,29-;/m0./s1. The quantitative estimate of drug-likeness (QED) is 0.242. The lowest BCUT2D eigenvalue weighted by Crippen LogP contribution is -2.37. The number of carbonyl (C=O) groups is 1. The largest absolute Gasteiger partial charge is 0.490 e. The number of halogens is 1. The number of benzene rings is 3. The summed E-state index contributed by atoms with van der Waals surface area (Å²) in [7, 11) is -3.72. The third kappa shape index (κ3) is 9.83. The highest BCUT2D eigenvalue weighted by atomic mass is 35.5. The lowest BCUT2D eigenvalue weighted by Gasteiger charge is -2.24. The van der Waals surface area contributed by atoms with Gasteiger partial charge >= 0.3 is 0 Å². The molecule has 10 heteroatoms. The van der Waals surface area contributed by atoms with E-state index < -0.39 is 22.0 Å². The fourth-order valence-corrected chi connectivity index (χ4v) is 5.41. The van der Waals surface area contributed by atoms with Crippen LogP contribution in [0.25, 0.3) is 11.1 Å². The molecule has 41 heavy (non-hydrogen) atoms. The number of sulfonamides is 1. The topological polar surface area (TPSA) is 125 Å². The van der Waals surface area contributed by atoms with Gasteiger partial charge < -0.3 is 20.3 Å². The van der Waals surface area contributed by atoms with Crippen molar-refractivity contribution in [3.63, 3.8) is 0 Å². The van der Waals surface area contributed by atoms with E-state index in [0.29, 0.717) is 18.7 Å². The average Bonchev–Trinajstić information content (AvgIpc) is 2.95. The molecule has 0 radical (unpaired) electrons. The second kappa shape index (κ2) is 15.3. The molecule has 0 spiro atoms. The zero-order valence-electron chi connectivity index (χ0n) is 23.2. The highest BCUT2D eigenvalue weighted by molar-refractivity contribution is 7.89. The molecule has 1 fully saturated rings. The van der Waals surface area contributed by atoms with Crippen LogP contribution < -0.4 is 14.8 Å². The number of hydrogen-bond donors (Lipinski definition) is 4. The van der Waals surface area contributed by atoms with Gasteiger partial charge in [-0.1, -0.05) is 67.1 Å². The molecule has 1 aliphatic rings. The number of nitrogens with one attached hydrogen (secondary N) is 2. The molecular formula is C31H39ClN2O6S. The zero-order chi connectivity index (χ0) is 28.5. The summed E-state index contributed by atoms with van der Waals surface area (Å²) in [6.07, 6.45) is 5.93. The highest BCUT2D eigenvalue weighted by Crippen LogP contribution is 2.31. The van der Waals surface area contributed by atoms with Gasteiger partial charge in [-0.15, -0.1) is 12.4 Å². The molecule has 3 aromatic carbocycles. The number of aliphatic hydroxyl groups excluding tert-OH is 2. The molecule has 0 bridgehead atoms. The SMILES string of the molecule is CS(=O)(=O)NC(=O)c1ccc(-c2ccc(C[C@@H](CO)NC[C@H](O)c3ccccc3)cc2)cc1OC1CCCCC1.Cl. The smallest absolute Gasteiger partial charge is 0.268 e. The first-order chi connectivity index (χ1) is 19.2. The van der Waals surface area contributed by atoms with E-state index >= 15 is 0 Å². The van der Waals surface area contributed by atoms with Crippen molar-refractivity contribution in [1.82, 2.24) is 10.0 Å². The zero-order valence-corrected chi connectivity index (χ0v) is 24.8. The van der Waals surface area contributed by atoms with Gasteiger partial charge in [0.25, 0.3) is 5.91 Å². The van der Waals surface area contributed by atoms with Gasteiger partial charge in [0, 0.05) is 12.6 Å². The Morgan fingerprint density at radius 2 is 1.63 bits per heavy atom. The predicted octanol–water partition coefficient (Wildman–Crippen LogP) is 4.40. The fraction of sp³-hybridized carbons (Fsp3) is 0.387. The Hall–Kier alpha value is -2.95. The molecule has 4 rings (SSSR count). The minimum absolute atomic E-state index is 0. The van der Waals surface area contributed by atoms with Gasteiger partial charge in [0.2, 0.25) is 10.0 Å². The summed E-state index contributed by atoms with van der Waals surface area (Å²) in [6.45, 7) is 0.262. The Kier molecular flexibility index (Phi) is 12.2. The number of carbonyl (C=O) groups excluding carboxylic acids is 1. The number of ether oxygens (including phenoxy) is 1. The summed E-state index contributed by atoms with van der Waals surface area (Å²) in [6, 6.07) is 22.3. The number of hydrogen-bond acceptors (Lipinski definition) is 7. The molecule has 0 saturated heterocycles. The molecule has 4 N–H and O–H groups in total. The minimum atomic E-state index is -3.72. The van der Waals surface area contributed by atoms with Crippen molar-refractivity contribution < 1.29 is 28.2 Å². The van der Waals surface area contributed by atoms with Gasteiger partial charge in [0.15, 0.2) is 0 Å². The summed E-state index contributed by atoms with van der Waals surface area (Å²) in [4.78, 5) is 12.7. The Bertz CT molecular complexity index is 1360. The third-order valence-electron chi connectivity index (χ3n) is 7.12. The molecule has 1 aliphatic carbocycles. The maximum atomic E-state index is 12.7. The maximum Gasteiger partial charge on any atom is 0.268 e. The normalized spacial score (nSPS) is 15.4. The summed E-state index contributed by atoms with van der Waals surface area (Å²) < 4.78 is 31.6. The van der Waals surface area contributed by atoms with Crippen molar-refractivity contribution in [1.29, 1.82) is 0 Å². The van der Waals surface area contributed by atoms with Crippen LogP contribution in [-0.2, 0) is 16.4 Å². The monoisotopic (exact) mass is 602 g/mol. The average molecular weight is 603 g/mol. The highest BCUT2D eigenvalue weighted by Gasteiger charge is 2.22. The molecule has 0 aromatic heterocycles. The van der Waals surface area contributed by atoms with E-state index in [1.807, 2.05) is 59.3 Å². The van der Waals surface area contributed by atoms with Crippen LogP contribution in [0.2, 0.25) is 0 Å². The van der Waals surface area contributed by atoms with E-state index in [0.717, 1.165) is 60.6 Å². The van der Waals surface area contributed by atoms with Crippen LogP contribution in [0.3, 0.4) is 0 Å². The van der Waals surface area contributed by atoms with Gasteiger partial charge in [-0.25, -0.2) is 13.1 Å². The summed E-state index contributed by atoms with van der Waals surface area (Å²) in [5, 5.41) is 23.5. The molecule has 1 amide bonds. The van der Waals surface area contributed by atoms with Crippen molar-refractivity contribution in [3.05, 3.63) is 89.5 Å². The molecule has 0 heterocycles. The van der Waals surface area contributed by atoms with Gasteiger partial charge in [-0.2, -0.15) is 0 Å². The van der Waals surface area contributed by atoms with Gasteiger partial charge in [0.1, 0.15) is 5.75 Å². The van der Waals surface area contributed by atoms with Crippen LogP contribution in [0, 0.1) is 0 Å². The third-order valence-corrected chi connectivity index (χ3v) is 7.68. The number of amides is 1. The Balaban J connectivity index is 0.00000462. The Morgan fingerprint density at radius 3 is 2.27 bits per heavy atom. The number of aliphatic hydroxyl groups is 2. The van der Waals surface area contributed by atoms with Crippen LogP contribution in [0.4, 0.5) is 0 Å². The molecule has 222 valence electrons. The molecule has 8 nitrogen and oxygen atoms in total.